The van der Waals surface area contributed by atoms with E-state index in [1.54, 1.807) is 12.3 Å². The quantitative estimate of drug-likeness (QED) is 0.563. The normalized spacial score (nSPS) is 16.6. The summed E-state index contributed by atoms with van der Waals surface area (Å²) in [4.78, 5) is 17.3. The Labute approximate surface area is 173 Å². The Morgan fingerprint density at radius 1 is 1.26 bits per heavy atom. The van der Waals surface area contributed by atoms with Crippen LogP contribution in [0.25, 0.3) is 16.7 Å². The van der Waals surface area contributed by atoms with Gasteiger partial charge >= 0.3 is 12.5 Å². The highest BCUT2D eigenvalue weighted by molar-refractivity contribution is 5.93. The fourth-order valence-electron chi connectivity index (χ4n) is 3.57. The van der Waals surface area contributed by atoms with Gasteiger partial charge in [-0.1, -0.05) is 0 Å². The predicted octanol–water partition coefficient (Wildman–Crippen LogP) is 2.66. The number of fused-ring (bicyclic) bond motifs is 1. The second-order valence-corrected chi connectivity index (χ2v) is 6.98. The molecule has 12 heteroatoms. The Morgan fingerprint density at radius 3 is 2.61 bits per heavy atom. The number of carbonyl (C=O) groups is 1. The summed E-state index contributed by atoms with van der Waals surface area (Å²) in [6, 6.07) is 6.88. The van der Waals surface area contributed by atoms with Gasteiger partial charge in [0.1, 0.15) is 5.75 Å². The number of pyridine rings is 1. The van der Waals surface area contributed by atoms with Crippen LogP contribution in [0.2, 0.25) is 0 Å². The second-order valence-electron chi connectivity index (χ2n) is 6.98. The minimum absolute atomic E-state index is 0.0941. The number of aliphatic hydroxyl groups is 1. The number of β-amino-alcohol motifs (C(OH)–C–C–N with tert-alkyl or cyclic N) is 1. The highest BCUT2D eigenvalue weighted by Crippen LogP contribution is 2.33. The number of hydrogen-bond acceptors (Lipinski definition) is 6. The lowest BCUT2D eigenvalue weighted by Gasteiger charge is -2.19. The number of aliphatic hydroxyl groups excluding tert-OH is 1. The lowest BCUT2D eigenvalue weighted by Crippen LogP contribution is -2.23. The van der Waals surface area contributed by atoms with Crippen LogP contribution in [0.1, 0.15) is 12.1 Å². The zero-order valence-electron chi connectivity index (χ0n) is 16.0. The molecule has 1 aliphatic rings. The number of nitrogens with zero attached hydrogens (tertiary/aromatic N) is 4. The largest absolute Gasteiger partial charge is 0.573 e. The molecule has 0 unspecified atom stereocenters. The average Bonchev–Trinajstić information content (AvgIpc) is 3.29. The van der Waals surface area contributed by atoms with Gasteiger partial charge in [-0.25, -0.2) is 14.5 Å². The number of nitrogens with one attached hydrogen (secondary N) is 1. The van der Waals surface area contributed by atoms with Gasteiger partial charge in [-0.3, -0.25) is 0 Å². The Morgan fingerprint density at radius 2 is 2.00 bits per heavy atom. The van der Waals surface area contributed by atoms with Crippen molar-refractivity contribution in [3.63, 3.8) is 0 Å². The second kappa shape index (κ2) is 7.95. The summed E-state index contributed by atoms with van der Waals surface area (Å²) < 4.78 is 42.6. The minimum atomic E-state index is -4.80. The highest BCUT2D eigenvalue weighted by atomic mass is 19.4. The Balaban J connectivity index is 1.78. The number of alkyl halides is 3. The summed E-state index contributed by atoms with van der Waals surface area (Å²) >= 11 is 0. The van der Waals surface area contributed by atoms with Crippen molar-refractivity contribution in [3.8, 4) is 11.4 Å². The zero-order valence-corrected chi connectivity index (χ0v) is 16.0. The number of benzene rings is 1. The lowest BCUT2D eigenvalue weighted by atomic mass is 10.2. The maximum atomic E-state index is 12.4. The number of anilines is 1. The summed E-state index contributed by atoms with van der Waals surface area (Å²) in [5, 5.41) is 26.2. The first-order valence-electron chi connectivity index (χ1n) is 9.34. The molecule has 0 radical (unpaired) electrons. The van der Waals surface area contributed by atoms with E-state index in [9.17, 15) is 23.1 Å². The third-order valence-electron chi connectivity index (χ3n) is 4.84. The summed E-state index contributed by atoms with van der Waals surface area (Å²) in [6.45, 7) is 0.934. The molecule has 1 atom stereocenters. The van der Waals surface area contributed by atoms with Crippen molar-refractivity contribution < 1.29 is 32.9 Å². The van der Waals surface area contributed by atoms with E-state index in [4.69, 9.17) is 5.11 Å². The fourth-order valence-corrected chi connectivity index (χ4v) is 3.57. The van der Waals surface area contributed by atoms with Crippen molar-refractivity contribution in [2.75, 3.05) is 18.0 Å². The fraction of sp³-hybridized carbons (Fsp3) is 0.316. The first kappa shape index (κ1) is 20.7. The van der Waals surface area contributed by atoms with E-state index < -0.39 is 18.6 Å². The van der Waals surface area contributed by atoms with Crippen LogP contribution in [0.15, 0.2) is 36.5 Å². The summed E-state index contributed by atoms with van der Waals surface area (Å²) in [7, 11) is 0. The maximum absolute atomic E-state index is 12.4. The van der Waals surface area contributed by atoms with Crippen molar-refractivity contribution >= 4 is 22.8 Å². The number of aromatic nitrogens is 3. The van der Waals surface area contributed by atoms with Crippen LogP contribution >= 0.6 is 0 Å². The number of hydrogen-bond donors (Lipinski definition) is 3. The van der Waals surface area contributed by atoms with Gasteiger partial charge in [0.15, 0.2) is 5.65 Å². The Bertz CT molecular complexity index is 1100. The first-order valence-corrected chi connectivity index (χ1v) is 9.34. The topological polar surface area (TPSA) is 113 Å². The van der Waals surface area contributed by atoms with Crippen LogP contribution in [-0.4, -0.2) is 56.6 Å². The van der Waals surface area contributed by atoms with Crippen LogP contribution in [-0.2, 0) is 6.54 Å². The van der Waals surface area contributed by atoms with E-state index >= 15 is 0 Å². The van der Waals surface area contributed by atoms with Crippen molar-refractivity contribution in [2.45, 2.75) is 25.4 Å². The van der Waals surface area contributed by atoms with Crippen LogP contribution < -0.4 is 15.0 Å². The van der Waals surface area contributed by atoms with Gasteiger partial charge in [0.25, 0.3) is 0 Å². The first-order chi connectivity index (χ1) is 14.7. The Hall–Kier alpha value is -3.54. The van der Waals surface area contributed by atoms with E-state index in [1.807, 2.05) is 4.90 Å². The number of halogens is 3. The predicted molar refractivity (Wildman–Crippen MR) is 103 cm³/mol. The summed E-state index contributed by atoms with van der Waals surface area (Å²) in [5.74, 6) is -0.375. The molecule has 2 aromatic heterocycles. The van der Waals surface area contributed by atoms with E-state index in [1.165, 1.54) is 16.8 Å². The van der Waals surface area contributed by atoms with Gasteiger partial charge in [0, 0.05) is 19.3 Å². The van der Waals surface area contributed by atoms with Crippen LogP contribution in [0, 0.1) is 0 Å². The van der Waals surface area contributed by atoms with E-state index in [-0.39, 0.29) is 12.3 Å². The zero-order chi connectivity index (χ0) is 22.2. The third kappa shape index (κ3) is 4.48. The number of ether oxygens (including phenoxy) is 1. The molecule has 4 rings (SSSR count). The monoisotopic (exact) mass is 437 g/mol. The molecule has 0 bridgehead atoms. The number of rotatable bonds is 5. The molecule has 1 fully saturated rings. The van der Waals surface area contributed by atoms with E-state index in [2.05, 4.69) is 20.1 Å². The van der Waals surface area contributed by atoms with Crippen molar-refractivity contribution in [3.05, 3.63) is 42.2 Å². The standard InChI is InChI=1S/C19H18F3N5O4/c20-19(21,22)31-13-3-1-11(2-4-13)27-17-16(14(25-27)9-24-18(29)30)15(5-7-23-17)26-8-6-12(28)10-26/h1-5,7,12,24,28H,6,8-10H2,(H,29,30)/t12-/m1/s1. The smallest absolute Gasteiger partial charge is 0.465 e. The SMILES string of the molecule is O=C(O)NCc1nn(-c2ccc(OC(F)(F)F)cc2)c2nccc(N3CC[C@@H](O)C3)c12. The molecular weight excluding hydrogens is 419 g/mol. The molecule has 0 spiro atoms. The van der Waals surface area contributed by atoms with E-state index in [0.29, 0.717) is 41.9 Å². The molecule has 3 N–H and O–H groups in total. The molecule has 3 heterocycles. The molecule has 1 saturated heterocycles. The summed E-state index contributed by atoms with van der Waals surface area (Å²) in [5.41, 5.74) is 1.97. The molecule has 31 heavy (non-hydrogen) atoms. The van der Waals surface area contributed by atoms with Gasteiger partial charge in [-0.05, 0) is 36.8 Å². The third-order valence-corrected chi connectivity index (χ3v) is 4.84. The van der Waals surface area contributed by atoms with Crippen molar-refractivity contribution in [1.82, 2.24) is 20.1 Å². The van der Waals surface area contributed by atoms with Gasteiger partial charge in [-0.2, -0.15) is 5.10 Å². The van der Waals surface area contributed by atoms with Crippen LogP contribution in [0.5, 0.6) is 5.75 Å². The number of carboxylic acid groups (broad SMARTS) is 1. The number of amides is 1. The molecule has 0 aliphatic carbocycles. The van der Waals surface area contributed by atoms with Crippen molar-refractivity contribution in [2.24, 2.45) is 0 Å². The molecule has 164 valence electrons. The molecule has 1 aliphatic heterocycles. The molecule has 1 aromatic carbocycles. The van der Waals surface area contributed by atoms with Gasteiger partial charge in [0.2, 0.25) is 0 Å². The van der Waals surface area contributed by atoms with Gasteiger partial charge in [0.05, 0.1) is 35.1 Å². The van der Waals surface area contributed by atoms with Crippen molar-refractivity contribution in [1.29, 1.82) is 0 Å². The molecular formula is C19H18F3N5O4. The van der Waals surface area contributed by atoms with Crippen LogP contribution in [0.3, 0.4) is 0 Å². The maximum Gasteiger partial charge on any atom is 0.573 e. The highest BCUT2D eigenvalue weighted by Gasteiger charge is 2.31. The van der Waals surface area contributed by atoms with Crippen LogP contribution in [0.4, 0.5) is 23.7 Å². The van der Waals surface area contributed by atoms with Gasteiger partial charge in [-0.15, -0.1) is 13.2 Å². The molecule has 0 saturated carbocycles. The van der Waals surface area contributed by atoms with E-state index in [0.717, 1.165) is 17.8 Å². The summed E-state index contributed by atoms with van der Waals surface area (Å²) in [6.07, 6.45) is -4.33. The molecule has 1 amide bonds. The molecule has 3 aromatic rings. The minimum Gasteiger partial charge on any atom is -0.465 e. The molecule has 9 nitrogen and oxygen atoms in total. The Kier molecular flexibility index (Phi) is 5.31. The average molecular weight is 437 g/mol. The lowest BCUT2D eigenvalue weighted by molar-refractivity contribution is -0.274. The van der Waals surface area contributed by atoms with Gasteiger partial charge < -0.3 is 25.2 Å².